The molecule has 2 rings (SSSR count). The predicted octanol–water partition coefficient (Wildman–Crippen LogP) is 1.64. The second kappa shape index (κ2) is 5.42. The van der Waals surface area contributed by atoms with Crippen molar-refractivity contribution in [2.24, 2.45) is 0 Å². The van der Waals surface area contributed by atoms with Crippen molar-refractivity contribution < 1.29 is 14.3 Å². The summed E-state index contributed by atoms with van der Waals surface area (Å²) in [5.74, 6) is 0.0637. The van der Waals surface area contributed by atoms with Gasteiger partial charge in [-0.1, -0.05) is 0 Å². The summed E-state index contributed by atoms with van der Waals surface area (Å²) >= 11 is 3.26. The monoisotopic (exact) mass is 329 g/mol. The normalized spacial score (nSPS) is 16.9. The molecule has 0 atom stereocenters. The van der Waals surface area contributed by atoms with E-state index in [1.807, 2.05) is 11.8 Å². The van der Waals surface area contributed by atoms with Gasteiger partial charge in [0.25, 0.3) is 0 Å². The number of anilines is 1. The molecular weight excluding hydrogens is 314 g/mol. The van der Waals surface area contributed by atoms with Crippen LogP contribution in [-0.4, -0.2) is 48.3 Å². The van der Waals surface area contributed by atoms with Gasteiger partial charge in [0.1, 0.15) is 5.60 Å². The molecule has 1 saturated heterocycles. The highest BCUT2D eigenvalue weighted by atomic mass is 79.9. The lowest BCUT2D eigenvalue weighted by atomic mass is 9.97. The molecular formula is C12H16BrN3O3. The maximum Gasteiger partial charge on any atom is 0.358 e. The third-order valence-corrected chi connectivity index (χ3v) is 3.61. The number of nitrogens with zero attached hydrogens (tertiary/aromatic N) is 3. The van der Waals surface area contributed by atoms with Crippen LogP contribution in [0.3, 0.4) is 0 Å². The summed E-state index contributed by atoms with van der Waals surface area (Å²) in [5, 5.41) is 0. The van der Waals surface area contributed by atoms with Crippen LogP contribution in [0.15, 0.2) is 10.7 Å². The van der Waals surface area contributed by atoms with Crippen LogP contribution in [-0.2, 0) is 9.47 Å². The molecule has 1 aromatic heterocycles. The van der Waals surface area contributed by atoms with E-state index in [0.717, 1.165) is 0 Å². The number of carbonyl (C=O) groups is 1. The first-order valence-corrected chi connectivity index (χ1v) is 6.78. The number of carbonyl (C=O) groups excluding carboxylic acids is 1. The van der Waals surface area contributed by atoms with Gasteiger partial charge in [0.05, 0.1) is 24.2 Å². The van der Waals surface area contributed by atoms with Crippen molar-refractivity contribution in [3.05, 3.63) is 16.4 Å². The van der Waals surface area contributed by atoms with Crippen molar-refractivity contribution in [1.82, 2.24) is 9.97 Å². The molecule has 0 aromatic carbocycles. The second-order valence-electron chi connectivity index (χ2n) is 4.60. The SMILES string of the molecule is CCOC(=O)c1nc(N2CC(C)(OC)C2)ncc1Br. The standard InChI is InChI=1S/C12H16BrN3O3/c1-4-19-10(17)9-8(13)5-14-11(15-9)16-6-12(2,7-16)18-3/h5H,4,6-7H2,1-3H3. The van der Waals surface area contributed by atoms with Gasteiger partial charge in [-0.2, -0.15) is 0 Å². The van der Waals surface area contributed by atoms with Gasteiger partial charge in [-0.3, -0.25) is 0 Å². The molecule has 0 bridgehead atoms. The Hall–Kier alpha value is -1.21. The molecule has 1 fully saturated rings. The summed E-state index contributed by atoms with van der Waals surface area (Å²) < 4.78 is 10.9. The van der Waals surface area contributed by atoms with E-state index in [1.165, 1.54) is 0 Å². The zero-order valence-corrected chi connectivity index (χ0v) is 12.7. The van der Waals surface area contributed by atoms with Gasteiger partial charge < -0.3 is 14.4 Å². The van der Waals surface area contributed by atoms with E-state index in [0.29, 0.717) is 30.1 Å². The van der Waals surface area contributed by atoms with Crippen LogP contribution >= 0.6 is 15.9 Å². The Kier molecular flexibility index (Phi) is 4.05. The van der Waals surface area contributed by atoms with Crippen molar-refractivity contribution in [3.63, 3.8) is 0 Å². The lowest BCUT2D eigenvalue weighted by molar-refractivity contribution is -0.0175. The number of halogens is 1. The molecule has 7 heteroatoms. The first-order chi connectivity index (χ1) is 8.99. The lowest BCUT2D eigenvalue weighted by Gasteiger charge is -2.46. The number of aromatic nitrogens is 2. The molecule has 0 N–H and O–H groups in total. The average Bonchev–Trinajstić information content (AvgIpc) is 2.36. The van der Waals surface area contributed by atoms with Crippen LogP contribution in [0.25, 0.3) is 0 Å². The van der Waals surface area contributed by atoms with Crippen molar-refractivity contribution in [3.8, 4) is 0 Å². The average molecular weight is 330 g/mol. The first kappa shape index (κ1) is 14.2. The molecule has 19 heavy (non-hydrogen) atoms. The van der Waals surface area contributed by atoms with Crippen LogP contribution in [0.5, 0.6) is 0 Å². The fourth-order valence-electron chi connectivity index (χ4n) is 1.88. The van der Waals surface area contributed by atoms with E-state index in [-0.39, 0.29) is 11.3 Å². The summed E-state index contributed by atoms with van der Waals surface area (Å²) in [6.45, 7) is 5.50. The summed E-state index contributed by atoms with van der Waals surface area (Å²) in [7, 11) is 1.68. The summed E-state index contributed by atoms with van der Waals surface area (Å²) in [6.07, 6.45) is 1.57. The predicted molar refractivity (Wildman–Crippen MR) is 73.3 cm³/mol. The van der Waals surface area contributed by atoms with E-state index >= 15 is 0 Å². The summed E-state index contributed by atoms with van der Waals surface area (Å²) in [5.41, 5.74) is 0.0819. The molecule has 0 saturated carbocycles. The second-order valence-corrected chi connectivity index (χ2v) is 5.45. The molecule has 0 spiro atoms. The van der Waals surface area contributed by atoms with E-state index in [4.69, 9.17) is 9.47 Å². The van der Waals surface area contributed by atoms with E-state index in [1.54, 1.807) is 20.2 Å². The Labute approximate surface area is 120 Å². The van der Waals surface area contributed by atoms with Gasteiger partial charge in [-0.05, 0) is 29.8 Å². The molecule has 0 unspecified atom stereocenters. The van der Waals surface area contributed by atoms with Crippen LogP contribution in [0, 0.1) is 0 Å². The highest BCUT2D eigenvalue weighted by Gasteiger charge is 2.40. The minimum atomic E-state index is -0.451. The minimum absolute atomic E-state index is 0.166. The van der Waals surface area contributed by atoms with E-state index < -0.39 is 5.97 Å². The molecule has 0 radical (unpaired) electrons. The van der Waals surface area contributed by atoms with Crippen LogP contribution in [0.2, 0.25) is 0 Å². The molecule has 0 amide bonds. The number of rotatable bonds is 4. The van der Waals surface area contributed by atoms with E-state index in [9.17, 15) is 4.79 Å². The molecule has 1 aliphatic heterocycles. The van der Waals surface area contributed by atoms with Gasteiger partial charge in [0, 0.05) is 13.3 Å². The molecule has 1 aliphatic rings. The molecule has 6 nitrogen and oxygen atoms in total. The Balaban J connectivity index is 2.16. The Morgan fingerprint density at radius 3 is 2.84 bits per heavy atom. The van der Waals surface area contributed by atoms with Crippen molar-refractivity contribution in [2.75, 3.05) is 31.7 Å². The Bertz CT molecular complexity index is 489. The highest BCUT2D eigenvalue weighted by Crippen LogP contribution is 2.28. The summed E-state index contributed by atoms with van der Waals surface area (Å²) in [6, 6.07) is 0. The Morgan fingerprint density at radius 2 is 2.26 bits per heavy atom. The minimum Gasteiger partial charge on any atom is -0.461 e. The topological polar surface area (TPSA) is 64.5 Å². The largest absolute Gasteiger partial charge is 0.461 e. The highest BCUT2D eigenvalue weighted by molar-refractivity contribution is 9.10. The number of ether oxygens (including phenoxy) is 2. The van der Waals surface area contributed by atoms with Gasteiger partial charge in [0.15, 0.2) is 5.69 Å². The van der Waals surface area contributed by atoms with Gasteiger partial charge in [-0.15, -0.1) is 0 Å². The molecule has 0 aliphatic carbocycles. The van der Waals surface area contributed by atoms with Crippen molar-refractivity contribution in [2.45, 2.75) is 19.4 Å². The third-order valence-electron chi connectivity index (χ3n) is 3.03. The molecule has 2 heterocycles. The molecule has 1 aromatic rings. The third kappa shape index (κ3) is 2.87. The van der Waals surface area contributed by atoms with Gasteiger partial charge >= 0.3 is 5.97 Å². The smallest absolute Gasteiger partial charge is 0.358 e. The summed E-state index contributed by atoms with van der Waals surface area (Å²) in [4.78, 5) is 22.2. The molecule has 104 valence electrons. The van der Waals surface area contributed by atoms with Gasteiger partial charge in [-0.25, -0.2) is 14.8 Å². The van der Waals surface area contributed by atoms with Crippen molar-refractivity contribution >= 4 is 27.8 Å². The maximum atomic E-state index is 11.7. The number of methoxy groups -OCH3 is 1. The van der Waals surface area contributed by atoms with Crippen LogP contribution < -0.4 is 4.90 Å². The maximum absolute atomic E-state index is 11.7. The quantitative estimate of drug-likeness (QED) is 0.782. The fraction of sp³-hybridized carbons (Fsp3) is 0.583. The van der Waals surface area contributed by atoms with Crippen molar-refractivity contribution in [1.29, 1.82) is 0 Å². The number of hydrogen-bond acceptors (Lipinski definition) is 6. The van der Waals surface area contributed by atoms with Crippen LogP contribution in [0.4, 0.5) is 5.95 Å². The zero-order chi connectivity index (χ0) is 14.0. The Morgan fingerprint density at radius 1 is 1.58 bits per heavy atom. The number of hydrogen-bond donors (Lipinski definition) is 0. The number of esters is 1. The van der Waals surface area contributed by atoms with Gasteiger partial charge in [0.2, 0.25) is 5.95 Å². The zero-order valence-electron chi connectivity index (χ0n) is 11.1. The fourth-order valence-corrected chi connectivity index (χ4v) is 2.24. The van der Waals surface area contributed by atoms with E-state index in [2.05, 4.69) is 25.9 Å². The first-order valence-electron chi connectivity index (χ1n) is 5.99. The lowest BCUT2D eigenvalue weighted by Crippen LogP contribution is -2.61. The van der Waals surface area contributed by atoms with Crippen LogP contribution in [0.1, 0.15) is 24.3 Å².